The van der Waals surface area contributed by atoms with Crippen LogP contribution in [0, 0.1) is 0 Å². The van der Waals surface area contributed by atoms with Crippen molar-refractivity contribution in [2.45, 2.75) is 0 Å². The summed E-state index contributed by atoms with van der Waals surface area (Å²) in [5.74, 6) is 1.03. The van der Waals surface area contributed by atoms with E-state index in [4.69, 9.17) is 0 Å². The Morgan fingerprint density at radius 2 is 1.07 bits per heavy atom. The van der Waals surface area contributed by atoms with Gasteiger partial charge >= 0.3 is 0 Å². The maximum atomic E-state index is 12.3. The van der Waals surface area contributed by atoms with E-state index in [1.54, 1.807) is 24.3 Å². The van der Waals surface area contributed by atoms with E-state index < -0.39 is 0 Å². The molecule has 0 spiro atoms. The van der Waals surface area contributed by atoms with E-state index in [2.05, 4.69) is 25.8 Å². The van der Waals surface area contributed by atoms with Crippen LogP contribution >= 0.6 is 0 Å². The zero-order valence-corrected chi connectivity index (χ0v) is 14.9. The van der Waals surface area contributed by atoms with Crippen LogP contribution in [0.4, 0.5) is 5.95 Å². The minimum Gasteiger partial charge on any atom is -0.267 e. The van der Waals surface area contributed by atoms with Gasteiger partial charge in [-0.15, -0.1) is 0 Å². The first-order valence-corrected chi connectivity index (χ1v) is 8.78. The van der Waals surface area contributed by atoms with Crippen molar-refractivity contribution in [3.8, 4) is 22.8 Å². The average Bonchev–Trinajstić information content (AvgIpc) is 2.79. The molecule has 0 saturated carbocycles. The number of nitrogens with one attached hydrogen (secondary N) is 2. The molecule has 6 nitrogen and oxygen atoms in total. The summed E-state index contributed by atoms with van der Waals surface area (Å²) in [5.41, 5.74) is 7.69. The fourth-order valence-electron chi connectivity index (χ4n) is 2.64. The Balaban J connectivity index is 1.65. The third kappa shape index (κ3) is 4.02. The van der Waals surface area contributed by atoms with Crippen molar-refractivity contribution in [1.82, 2.24) is 20.4 Å². The minimum absolute atomic E-state index is 0.261. The SMILES string of the molecule is O=C(NNc1nc(-c2ccccc2)nc(-c2ccccc2)n1)c1ccccc1. The Bertz CT molecular complexity index is 1010. The summed E-state index contributed by atoms with van der Waals surface area (Å²) in [6.07, 6.45) is 0. The largest absolute Gasteiger partial charge is 0.269 e. The van der Waals surface area contributed by atoms with Gasteiger partial charge in [0.2, 0.25) is 5.95 Å². The highest BCUT2D eigenvalue weighted by molar-refractivity contribution is 5.94. The van der Waals surface area contributed by atoms with Crippen LogP contribution in [0.2, 0.25) is 0 Å². The number of nitrogens with zero attached hydrogens (tertiary/aromatic N) is 3. The lowest BCUT2D eigenvalue weighted by atomic mass is 10.2. The van der Waals surface area contributed by atoms with Crippen molar-refractivity contribution in [2.24, 2.45) is 0 Å². The lowest BCUT2D eigenvalue weighted by molar-refractivity contribution is 0.0962. The maximum Gasteiger partial charge on any atom is 0.269 e. The lowest BCUT2D eigenvalue weighted by Crippen LogP contribution is -2.30. The summed E-state index contributed by atoms with van der Waals surface area (Å²) in [7, 11) is 0. The quantitative estimate of drug-likeness (QED) is 0.522. The molecule has 0 unspecified atom stereocenters. The molecule has 1 heterocycles. The third-order valence-electron chi connectivity index (χ3n) is 4.02. The molecule has 0 aliphatic rings. The van der Waals surface area contributed by atoms with Crippen LogP contribution in [-0.2, 0) is 0 Å². The number of carbonyl (C=O) groups is 1. The van der Waals surface area contributed by atoms with Gasteiger partial charge in [-0.05, 0) is 12.1 Å². The molecule has 4 aromatic rings. The van der Waals surface area contributed by atoms with E-state index in [-0.39, 0.29) is 11.9 Å². The van der Waals surface area contributed by atoms with Crippen molar-refractivity contribution in [1.29, 1.82) is 0 Å². The standard InChI is InChI=1S/C22H17N5O/c28-21(18-14-8-3-9-15-18)26-27-22-24-19(16-10-4-1-5-11-16)23-20(25-22)17-12-6-2-7-13-17/h1-15H,(H,26,28)(H,23,24,25,27). The second-order valence-corrected chi connectivity index (χ2v) is 5.98. The van der Waals surface area contributed by atoms with Gasteiger partial charge in [0, 0.05) is 16.7 Å². The van der Waals surface area contributed by atoms with Gasteiger partial charge in [-0.3, -0.25) is 15.6 Å². The predicted octanol–water partition coefficient (Wildman–Crippen LogP) is 3.96. The molecular weight excluding hydrogens is 350 g/mol. The molecule has 0 atom stereocenters. The summed E-state index contributed by atoms with van der Waals surface area (Å²) >= 11 is 0. The third-order valence-corrected chi connectivity index (χ3v) is 4.02. The van der Waals surface area contributed by atoms with Gasteiger partial charge in [-0.1, -0.05) is 78.9 Å². The van der Waals surface area contributed by atoms with Crippen molar-refractivity contribution in [3.05, 3.63) is 96.6 Å². The Labute approximate surface area is 162 Å². The number of carbonyl (C=O) groups excluding carboxylic acids is 1. The number of amides is 1. The van der Waals surface area contributed by atoms with E-state index in [1.807, 2.05) is 66.7 Å². The molecule has 3 aromatic carbocycles. The van der Waals surface area contributed by atoms with Crippen LogP contribution < -0.4 is 10.9 Å². The second-order valence-electron chi connectivity index (χ2n) is 5.98. The summed E-state index contributed by atoms with van der Waals surface area (Å²) in [6.45, 7) is 0. The molecule has 0 radical (unpaired) electrons. The number of benzene rings is 3. The van der Waals surface area contributed by atoms with Gasteiger partial charge in [0.25, 0.3) is 5.91 Å². The molecule has 6 heteroatoms. The average molecular weight is 367 g/mol. The Kier molecular flexibility index (Phi) is 5.02. The molecule has 1 aromatic heterocycles. The van der Waals surface area contributed by atoms with E-state index in [0.29, 0.717) is 17.2 Å². The summed E-state index contributed by atoms with van der Waals surface area (Å²) in [5, 5.41) is 0. The van der Waals surface area contributed by atoms with Crippen LogP contribution in [-0.4, -0.2) is 20.9 Å². The highest BCUT2D eigenvalue weighted by Crippen LogP contribution is 2.21. The molecule has 0 bridgehead atoms. The number of hydrogen-bond acceptors (Lipinski definition) is 5. The molecule has 136 valence electrons. The molecular formula is C22H17N5O. The Morgan fingerprint density at radius 1 is 0.607 bits per heavy atom. The lowest BCUT2D eigenvalue weighted by Gasteiger charge is -2.10. The first-order valence-electron chi connectivity index (χ1n) is 8.78. The molecule has 2 N–H and O–H groups in total. The van der Waals surface area contributed by atoms with Crippen LogP contribution in [0.5, 0.6) is 0 Å². The minimum atomic E-state index is -0.275. The number of aromatic nitrogens is 3. The van der Waals surface area contributed by atoms with Crippen molar-refractivity contribution >= 4 is 11.9 Å². The van der Waals surface area contributed by atoms with Crippen LogP contribution in [0.25, 0.3) is 22.8 Å². The fourth-order valence-corrected chi connectivity index (χ4v) is 2.64. The second kappa shape index (κ2) is 8.09. The molecule has 0 aliphatic carbocycles. The summed E-state index contributed by atoms with van der Waals surface area (Å²) in [4.78, 5) is 25.8. The van der Waals surface area contributed by atoms with Gasteiger partial charge in [-0.2, -0.15) is 9.97 Å². The van der Waals surface area contributed by atoms with Crippen LogP contribution in [0.3, 0.4) is 0 Å². The Morgan fingerprint density at radius 3 is 1.57 bits per heavy atom. The van der Waals surface area contributed by atoms with Gasteiger partial charge in [0.1, 0.15) is 0 Å². The van der Waals surface area contributed by atoms with Crippen molar-refractivity contribution in [3.63, 3.8) is 0 Å². The fraction of sp³-hybridized carbons (Fsp3) is 0. The molecule has 0 saturated heterocycles. The zero-order valence-electron chi connectivity index (χ0n) is 14.9. The molecule has 4 rings (SSSR count). The van der Waals surface area contributed by atoms with E-state index in [9.17, 15) is 4.79 Å². The Hall–Kier alpha value is -4.06. The van der Waals surface area contributed by atoms with Crippen molar-refractivity contribution < 1.29 is 4.79 Å². The summed E-state index contributed by atoms with van der Waals surface area (Å²) < 4.78 is 0. The predicted molar refractivity (Wildman–Crippen MR) is 108 cm³/mol. The van der Waals surface area contributed by atoms with Crippen LogP contribution in [0.1, 0.15) is 10.4 Å². The highest BCUT2D eigenvalue weighted by atomic mass is 16.2. The van der Waals surface area contributed by atoms with Crippen molar-refractivity contribution in [2.75, 3.05) is 5.43 Å². The monoisotopic (exact) mass is 367 g/mol. The molecule has 28 heavy (non-hydrogen) atoms. The van der Waals surface area contributed by atoms with Gasteiger partial charge in [0.15, 0.2) is 11.6 Å². The van der Waals surface area contributed by atoms with Gasteiger partial charge in [0.05, 0.1) is 0 Å². The smallest absolute Gasteiger partial charge is 0.267 e. The number of hydrazine groups is 1. The molecule has 0 aliphatic heterocycles. The molecule has 1 amide bonds. The number of hydrogen-bond donors (Lipinski definition) is 2. The van der Waals surface area contributed by atoms with Gasteiger partial charge in [-0.25, -0.2) is 4.98 Å². The normalized spacial score (nSPS) is 10.3. The number of rotatable bonds is 5. The first kappa shape index (κ1) is 17.4. The summed E-state index contributed by atoms with van der Waals surface area (Å²) in [6, 6.07) is 28.2. The van der Waals surface area contributed by atoms with Crippen LogP contribution in [0.15, 0.2) is 91.0 Å². The first-order chi connectivity index (χ1) is 13.8. The zero-order chi connectivity index (χ0) is 19.2. The van der Waals surface area contributed by atoms with E-state index in [1.165, 1.54) is 0 Å². The highest BCUT2D eigenvalue weighted by Gasteiger charge is 2.11. The van der Waals surface area contributed by atoms with E-state index in [0.717, 1.165) is 11.1 Å². The maximum absolute atomic E-state index is 12.3. The molecule has 0 fully saturated rings. The van der Waals surface area contributed by atoms with E-state index >= 15 is 0 Å². The van der Waals surface area contributed by atoms with Gasteiger partial charge < -0.3 is 0 Å². The topological polar surface area (TPSA) is 79.8 Å². The number of anilines is 1.